The van der Waals surface area contributed by atoms with Crippen LogP contribution in [-0.4, -0.2) is 82.0 Å². The molecule has 1 aliphatic rings. The fraction of sp³-hybridized carbons (Fsp3) is 1.00. The molecular formula is C12H23F3N2O3S. The Balaban J connectivity index is 2.50. The molecule has 0 radical (unpaired) electrons. The maximum atomic E-state index is 12.3. The molecule has 1 rings (SSSR count). The number of hydrogen-bond acceptors (Lipinski definition) is 5. The van der Waals surface area contributed by atoms with Crippen LogP contribution in [0.4, 0.5) is 13.2 Å². The minimum Gasteiger partial charge on any atom is -0.383 e. The Morgan fingerprint density at radius 3 is 2.43 bits per heavy atom. The summed E-state index contributed by atoms with van der Waals surface area (Å²) in [6.07, 6.45) is 0.867. The molecule has 1 heterocycles. The van der Waals surface area contributed by atoms with Crippen molar-refractivity contribution in [3.05, 3.63) is 0 Å². The Bertz CT molecular complexity index is 414. The van der Waals surface area contributed by atoms with Crippen LogP contribution in [0.3, 0.4) is 0 Å². The van der Waals surface area contributed by atoms with Crippen molar-refractivity contribution in [2.45, 2.75) is 24.9 Å². The van der Waals surface area contributed by atoms with Gasteiger partial charge in [0.2, 0.25) is 9.84 Å². The average molecular weight is 332 g/mol. The van der Waals surface area contributed by atoms with Gasteiger partial charge < -0.3 is 4.74 Å². The Morgan fingerprint density at radius 2 is 1.90 bits per heavy atom. The zero-order valence-corrected chi connectivity index (χ0v) is 13.2. The van der Waals surface area contributed by atoms with Gasteiger partial charge in [-0.1, -0.05) is 6.92 Å². The number of piperazine rings is 1. The van der Waals surface area contributed by atoms with Gasteiger partial charge in [0.05, 0.1) is 12.4 Å². The second-order valence-corrected chi connectivity index (χ2v) is 7.26. The predicted octanol–water partition coefficient (Wildman–Crippen LogP) is 0.964. The summed E-state index contributed by atoms with van der Waals surface area (Å²) in [5.41, 5.74) is -5.16. The van der Waals surface area contributed by atoms with Gasteiger partial charge in [0, 0.05) is 45.9 Å². The van der Waals surface area contributed by atoms with Gasteiger partial charge in [-0.2, -0.15) is 13.2 Å². The molecule has 0 aromatic rings. The van der Waals surface area contributed by atoms with Gasteiger partial charge in [0.1, 0.15) is 0 Å². The summed E-state index contributed by atoms with van der Waals surface area (Å²) in [5, 5.41) is 0. The van der Waals surface area contributed by atoms with E-state index < -0.39 is 21.1 Å². The monoisotopic (exact) mass is 332 g/mol. The van der Waals surface area contributed by atoms with Crippen LogP contribution in [0.15, 0.2) is 0 Å². The molecule has 0 bridgehead atoms. The van der Waals surface area contributed by atoms with Crippen LogP contribution in [0.2, 0.25) is 0 Å². The van der Waals surface area contributed by atoms with E-state index in [1.165, 1.54) is 0 Å². The molecule has 1 aliphatic heterocycles. The standard InChI is InChI=1S/C12H23F3N2O3S/c1-3-11-10-16(4-5-17(11)6-8-20-2)7-9-21(18,19)12(13,14)15/h11H,3-10H2,1-2H3/t11-/m1/s1. The first kappa shape index (κ1) is 18.7. The van der Waals surface area contributed by atoms with Crippen molar-refractivity contribution in [1.29, 1.82) is 0 Å². The minimum atomic E-state index is -5.16. The second-order valence-electron chi connectivity index (χ2n) is 5.16. The van der Waals surface area contributed by atoms with E-state index in [1.807, 2.05) is 6.92 Å². The van der Waals surface area contributed by atoms with Crippen molar-refractivity contribution in [3.8, 4) is 0 Å². The smallest absolute Gasteiger partial charge is 0.383 e. The molecule has 5 nitrogen and oxygen atoms in total. The summed E-state index contributed by atoms with van der Waals surface area (Å²) in [6, 6.07) is 0.225. The van der Waals surface area contributed by atoms with Crippen LogP contribution in [0.25, 0.3) is 0 Å². The van der Waals surface area contributed by atoms with Crippen LogP contribution < -0.4 is 0 Å². The topological polar surface area (TPSA) is 49.9 Å². The number of hydrogen-bond donors (Lipinski definition) is 0. The highest BCUT2D eigenvalue weighted by atomic mass is 32.2. The number of methoxy groups -OCH3 is 1. The number of halogens is 3. The molecule has 0 N–H and O–H groups in total. The maximum absolute atomic E-state index is 12.3. The number of sulfone groups is 1. The van der Waals surface area contributed by atoms with Crippen LogP contribution in [0, 0.1) is 0 Å². The van der Waals surface area contributed by atoms with Crippen LogP contribution in [0.5, 0.6) is 0 Å². The summed E-state index contributed by atoms with van der Waals surface area (Å²) in [5.74, 6) is -0.870. The van der Waals surface area contributed by atoms with Gasteiger partial charge in [-0.25, -0.2) is 8.42 Å². The van der Waals surface area contributed by atoms with Gasteiger partial charge in [-0.05, 0) is 6.42 Å². The lowest BCUT2D eigenvalue weighted by Crippen LogP contribution is -2.54. The highest BCUT2D eigenvalue weighted by Crippen LogP contribution is 2.24. The SMILES string of the molecule is CC[C@@H]1CN(CCS(=O)(=O)C(F)(F)F)CCN1CCOC. The predicted molar refractivity (Wildman–Crippen MR) is 73.8 cm³/mol. The van der Waals surface area contributed by atoms with Gasteiger partial charge in [0.25, 0.3) is 0 Å². The molecule has 0 aromatic carbocycles. The molecule has 0 unspecified atom stereocenters. The normalized spacial score (nSPS) is 22.6. The highest BCUT2D eigenvalue weighted by molar-refractivity contribution is 7.92. The van der Waals surface area contributed by atoms with E-state index in [0.717, 1.165) is 13.0 Å². The fourth-order valence-corrected chi connectivity index (χ4v) is 3.15. The van der Waals surface area contributed by atoms with Crippen molar-refractivity contribution in [1.82, 2.24) is 9.80 Å². The minimum absolute atomic E-state index is 0.0730. The first-order chi connectivity index (χ1) is 9.71. The van der Waals surface area contributed by atoms with E-state index in [9.17, 15) is 21.6 Å². The Hall–Kier alpha value is -0.380. The average Bonchev–Trinajstić information content (AvgIpc) is 2.42. The number of nitrogens with zero attached hydrogens (tertiary/aromatic N) is 2. The Labute approximate surface area is 124 Å². The molecule has 0 aromatic heterocycles. The number of alkyl halides is 3. The molecule has 0 saturated carbocycles. The lowest BCUT2D eigenvalue weighted by molar-refractivity contribution is -0.0438. The lowest BCUT2D eigenvalue weighted by Gasteiger charge is -2.41. The van der Waals surface area contributed by atoms with E-state index in [-0.39, 0.29) is 12.6 Å². The van der Waals surface area contributed by atoms with Crippen LogP contribution in [-0.2, 0) is 14.6 Å². The number of ether oxygens (including phenoxy) is 1. The van der Waals surface area contributed by atoms with E-state index in [4.69, 9.17) is 4.74 Å². The van der Waals surface area contributed by atoms with E-state index in [0.29, 0.717) is 26.2 Å². The third-order valence-corrected chi connectivity index (χ3v) is 5.20. The van der Waals surface area contributed by atoms with Crippen molar-refractivity contribution >= 4 is 9.84 Å². The van der Waals surface area contributed by atoms with Gasteiger partial charge in [-0.15, -0.1) is 0 Å². The van der Waals surface area contributed by atoms with E-state index >= 15 is 0 Å². The van der Waals surface area contributed by atoms with Gasteiger partial charge in [0.15, 0.2) is 0 Å². The summed E-state index contributed by atoms with van der Waals surface area (Å²) in [7, 11) is -3.40. The lowest BCUT2D eigenvalue weighted by atomic mass is 10.1. The highest BCUT2D eigenvalue weighted by Gasteiger charge is 2.45. The number of rotatable bonds is 7. The molecule has 21 heavy (non-hydrogen) atoms. The molecule has 1 fully saturated rings. The van der Waals surface area contributed by atoms with Gasteiger partial charge >= 0.3 is 5.51 Å². The van der Waals surface area contributed by atoms with Crippen molar-refractivity contribution in [2.24, 2.45) is 0 Å². The van der Waals surface area contributed by atoms with Crippen molar-refractivity contribution < 1.29 is 26.3 Å². The molecule has 1 saturated heterocycles. The fourth-order valence-electron chi connectivity index (χ4n) is 2.42. The third kappa shape index (κ3) is 5.39. The van der Waals surface area contributed by atoms with Gasteiger partial charge in [-0.3, -0.25) is 9.80 Å². The molecule has 9 heteroatoms. The Morgan fingerprint density at radius 1 is 1.24 bits per heavy atom. The first-order valence-electron chi connectivity index (χ1n) is 6.95. The quantitative estimate of drug-likeness (QED) is 0.695. The molecule has 0 amide bonds. The summed E-state index contributed by atoms with van der Waals surface area (Å²) in [6.45, 7) is 5.22. The Kier molecular flexibility index (Phi) is 6.89. The second kappa shape index (κ2) is 7.75. The van der Waals surface area contributed by atoms with E-state index in [1.54, 1.807) is 12.0 Å². The molecule has 0 spiro atoms. The zero-order valence-electron chi connectivity index (χ0n) is 12.4. The van der Waals surface area contributed by atoms with Crippen molar-refractivity contribution in [3.63, 3.8) is 0 Å². The zero-order chi connectivity index (χ0) is 16.1. The maximum Gasteiger partial charge on any atom is 0.497 e. The van der Waals surface area contributed by atoms with Crippen LogP contribution >= 0.6 is 0 Å². The molecule has 1 atom stereocenters. The summed E-state index contributed by atoms with van der Waals surface area (Å²) >= 11 is 0. The third-order valence-electron chi connectivity index (χ3n) is 3.77. The summed E-state index contributed by atoms with van der Waals surface area (Å²) < 4.78 is 64.1. The molecular weight excluding hydrogens is 309 g/mol. The van der Waals surface area contributed by atoms with E-state index in [2.05, 4.69) is 4.90 Å². The van der Waals surface area contributed by atoms with Crippen LogP contribution in [0.1, 0.15) is 13.3 Å². The molecule has 126 valence electrons. The molecule has 0 aliphatic carbocycles. The largest absolute Gasteiger partial charge is 0.497 e. The first-order valence-corrected chi connectivity index (χ1v) is 8.61. The van der Waals surface area contributed by atoms with Crippen molar-refractivity contribution in [2.75, 3.05) is 52.2 Å². The summed E-state index contributed by atoms with van der Waals surface area (Å²) in [4.78, 5) is 4.03.